The largest absolute Gasteiger partial charge is 0.495 e. The van der Waals surface area contributed by atoms with Crippen LogP contribution in [0.15, 0.2) is 57.9 Å². The third-order valence-corrected chi connectivity index (χ3v) is 9.44. The summed E-state index contributed by atoms with van der Waals surface area (Å²) in [7, 11) is 1.53. The molecule has 42 heavy (non-hydrogen) atoms. The number of hydrogen-bond acceptors (Lipinski definition) is 8. The van der Waals surface area contributed by atoms with Gasteiger partial charge in [0.2, 0.25) is 5.91 Å². The summed E-state index contributed by atoms with van der Waals surface area (Å²) in [6, 6.07) is 13.2. The summed E-state index contributed by atoms with van der Waals surface area (Å²) in [6.07, 6.45) is 4.93. The number of rotatable bonds is 12. The minimum atomic E-state index is -0.582. The number of hydrogen-bond donors (Lipinski definition) is 1. The number of ether oxygens (including phenoxy) is 1. The van der Waals surface area contributed by atoms with Crippen LogP contribution >= 0.6 is 23.2 Å². The van der Waals surface area contributed by atoms with E-state index in [2.05, 4.69) is 44.6 Å². The third kappa shape index (κ3) is 7.02. The number of halogens is 2. The fourth-order valence-electron chi connectivity index (χ4n) is 6.47. The van der Waals surface area contributed by atoms with Crippen molar-refractivity contribution in [3.63, 3.8) is 0 Å². The van der Waals surface area contributed by atoms with E-state index in [4.69, 9.17) is 33.7 Å². The minimum absolute atomic E-state index is 0.000492. The number of methoxy groups -OCH3 is 1. The highest BCUT2D eigenvalue weighted by atomic mass is 35.5. The molecule has 0 aromatic heterocycles. The van der Waals surface area contributed by atoms with Gasteiger partial charge in [0.1, 0.15) is 17.3 Å². The van der Waals surface area contributed by atoms with Crippen LogP contribution in [0.1, 0.15) is 49.7 Å². The van der Waals surface area contributed by atoms with E-state index in [1.54, 1.807) is 6.07 Å². The van der Waals surface area contributed by atoms with Crippen molar-refractivity contribution in [3.05, 3.63) is 63.6 Å². The molecule has 11 heteroatoms. The molecule has 9 nitrogen and oxygen atoms in total. The van der Waals surface area contributed by atoms with Crippen LogP contribution < -0.4 is 10.5 Å². The van der Waals surface area contributed by atoms with Crippen LogP contribution in [0.25, 0.3) is 0 Å². The number of ketones is 1. The van der Waals surface area contributed by atoms with E-state index in [0.717, 1.165) is 30.5 Å². The molecule has 2 fully saturated rings. The van der Waals surface area contributed by atoms with Crippen LogP contribution in [0, 0.1) is 0 Å². The maximum absolute atomic E-state index is 14.1. The van der Waals surface area contributed by atoms with Crippen molar-refractivity contribution in [1.29, 1.82) is 0 Å². The second-order valence-corrected chi connectivity index (χ2v) is 12.1. The lowest BCUT2D eigenvalue weighted by atomic mass is 9.96. The van der Waals surface area contributed by atoms with Crippen LogP contribution in [-0.2, 0) is 22.4 Å². The number of carbonyl (C=O) groups excluding carboxylic acids is 2. The van der Waals surface area contributed by atoms with E-state index in [0.29, 0.717) is 61.1 Å². The molecular formula is C31H38Cl2N6O3. The molecule has 3 aliphatic heterocycles. The summed E-state index contributed by atoms with van der Waals surface area (Å²) < 4.78 is 5.49. The number of carbonyl (C=O) groups is 2. The Balaban J connectivity index is 1.35. The van der Waals surface area contributed by atoms with E-state index in [1.165, 1.54) is 12.7 Å². The first kappa shape index (κ1) is 30.6. The van der Waals surface area contributed by atoms with Gasteiger partial charge in [-0.2, -0.15) is 5.11 Å². The van der Waals surface area contributed by atoms with Crippen LogP contribution in [0.5, 0.6) is 5.75 Å². The topological polar surface area (TPSA) is 113 Å². The van der Waals surface area contributed by atoms with Crippen LogP contribution in [0.4, 0.5) is 0 Å². The Morgan fingerprint density at radius 2 is 1.95 bits per heavy atom. The van der Waals surface area contributed by atoms with Gasteiger partial charge in [-0.25, -0.2) is 0 Å². The first-order chi connectivity index (χ1) is 20.4. The fraction of sp³-hybridized carbons (Fsp3) is 0.516. The Morgan fingerprint density at radius 3 is 2.69 bits per heavy atom. The Bertz CT molecular complexity index is 1340. The number of aryl methyl sites for hydroxylation is 2. The summed E-state index contributed by atoms with van der Waals surface area (Å²) in [5.74, 6) is 0.471. The maximum Gasteiger partial charge on any atom is 0.240 e. The number of benzene rings is 2. The molecular weight excluding hydrogens is 575 g/mol. The zero-order chi connectivity index (χ0) is 29.6. The van der Waals surface area contributed by atoms with Gasteiger partial charge in [0.25, 0.3) is 0 Å². The number of nitrogens with zero attached hydrogens (tertiary/aromatic N) is 5. The second-order valence-electron chi connectivity index (χ2n) is 11.3. The normalized spacial score (nSPS) is 23.0. The molecule has 3 heterocycles. The maximum atomic E-state index is 14.1. The standard InChI is InChI=1S/C31H38Cl2N6O3/c1-42-30-21(8-12-25(32)29(30)33)9-14-28(40)26(13-10-23-18-35-37-36-23)38-16-15-24(11-7-20-5-3-2-4-6-20)39-19-22(34)17-27(39)31(38)41/h2-6,8,12,22,24,26-27H,7,9-11,13-19,34H2,1H3/t22-,24?,26-,27+/m1/s1. The van der Waals surface area contributed by atoms with Crippen molar-refractivity contribution in [2.24, 2.45) is 21.2 Å². The highest BCUT2D eigenvalue weighted by Gasteiger charge is 2.45. The van der Waals surface area contributed by atoms with Crippen molar-refractivity contribution < 1.29 is 14.3 Å². The lowest BCUT2D eigenvalue weighted by Gasteiger charge is -2.32. The highest BCUT2D eigenvalue weighted by Crippen LogP contribution is 2.36. The van der Waals surface area contributed by atoms with Gasteiger partial charge in [-0.05, 0) is 67.4 Å². The van der Waals surface area contributed by atoms with Gasteiger partial charge in [0, 0.05) is 31.6 Å². The Hall–Kier alpha value is -2.85. The van der Waals surface area contributed by atoms with E-state index < -0.39 is 6.04 Å². The van der Waals surface area contributed by atoms with Gasteiger partial charge in [0.05, 0.1) is 29.9 Å². The smallest absolute Gasteiger partial charge is 0.240 e. The molecule has 0 radical (unpaired) electrons. The van der Waals surface area contributed by atoms with Crippen molar-refractivity contribution in [3.8, 4) is 5.75 Å². The number of amides is 1. The van der Waals surface area contributed by atoms with Crippen LogP contribution in [0.3, 0.4) is 0 Å². The average Bonchev–Trinajstić information content (AvgIpc) is 3.64. The molecule has 0 aliphatic carbocycles. The molecule has 0 spiro atoms. The quantitative estimate of drug-likeness (QED) is 0.358. The fourth-order valence-corrected chi connectivity index (χ4v) is 6.88. The second kappa shape index (κ2) is 14.1. The van der Waals surface area contributed by atoms with Crippen molar-refractivity contribution in [1.82, 2.24) is 9.80 Å². The minimum Gasteiger partial charge on any atom is -0.495 e. The lowest BCUT2D eigenvalue weighted by Crippen LogP contribution is -2.50. The van der Waals surface area contributed by atoms with Crippen molar-refractivity contribution in [2.75, 3.05) is 26.7 Å². The lowest BCUT2D eigenvalue weighted by molar-refractivity contribution is -0.142. The highest BCUT2D eigenvalue weighted by molar-refractivity contribution is 6.43. The molecule has 4 atom stereocenters. The van der Waals surface area contributed by atoms with E-state index in [1.807, 2.05) is 17.0 Å². The van der Waals surface area contributed by atoms with Gasteiger partial charge in [0.15, 0.2) is 5.78 Å². The van der Waals surface area contributed by atoms with E-state index >= 15 is 0 Å². The monoisotopic (exact) mass is 612 g/mol. The van der Waals surface area contributed by atoms with Crippen LogP contribution in [0.2, 0.25) is 10.0 Å². The Morgan fingerprint density at radius 1 is 1.14 bits per heavy atom. The molecule has 2 N–H and O–H groups in total. The molecule has 0 saturated carbocycles. The average molecular weight is 614 g/mol. The summed E-state index contributed by atoms with van der Waals surface area (Å²) in [4.78, 5) is 32.2. The molecule has 5 rings (SSSR count). The molecule has 2 aromatic rings. The molecule has 2 aromatic carbocycles. The molecule has 1 unspecified atom stereocenters. The van der Waals surface area contributed by atoms with Crippen LogP contribution in [-0.4, -0.2) is 78.1 Å². The molecule has 3 aliphatic rings. The predicted octanol–water partition coefficient (Wildman–Crippen LogP) is 5.11. The van der Waals surface area contributed by atoms with Gasteiger partial charge < -0.3 is 15.4 Å². The summed E-state index contributed by atoms with van der Waals surface area (Å²) in [6.45, 7) is 1.65. The molecule has 1 amide bonds. The zero-order valence-electron chi connectivity index (χ0n) is 23.9. The van der Waals surface area contributed by atoms with Gasteiger partial charge >= 0.3 is 0 Å². The van der Waals surface area contributed by atoms with Crippen molar-refractivity contribution >= 4 is 40.6 Å². The van der Waals surface area contributed by atoms with Gasteiger partial charge in [-0.3, -0.25) is 14.5 Å². The summed E-state index contributed by atoms with van der Waals surface area (Å²) in [5, 5.41) is 12.5. The first-order valence-electron chi connectivity index (χ1n) is 14.7. The molecule has 0 bridgehead atoms. The zero-order valence-corrected chi connectivity index (χ0v) is 25.4. The SMILES string of the molecule is COc1c(CCC(=O)[C@@H](CCC2=NN=NC2)N2CCC(CCc3ccccc3)N3C[C@H](N)C[C@H]3C2=O)ccc(Cl)c1Cl. The summed E-state index contributed by atoms with van der Waals surface area (Å²) in [5.41, 5.74) is 9.32. The Labute approximate surface area is 257 Å². The molecule has 224 valence electrons. The van der Waals surface area contributed by atoms with E-state index in [9.17, 15) is 9.59 Å². The summed E-state index contributed by atoms with van der Waals surface area (Å²) >= 11 is 12.5. The first-order valence-corrected chi connectivity index (χ1v) is 15.4. The van der Waals surface area contributed by atoms with Gasteiger partial charge in [-0.15, -0.1) is 5.10 Å². The molecule has 2 saturated heterocycles. The van der Waals surface area contributed by atoms with E-state index in [-0.39, 0.29) is 36.2 Å². The predicted molar refractivity (Wildman–Crippen MR) is 164 cm³/mol. The Kier molecular flexibility index (Phi) is 10.3. The number of nitrogens with two attached hydrogens (primary N) is 1. The third-order valence-electron chi connectivity index (χ3n) is 8.65. The number of fused-ring (bicyclic) bond motifs is 1. The van der Waals surface area contributed by atoms with Crippen molar-refractivity contribution in [2.45, 2.75) is 75.5 Å². The van der Waals surface area contributed by atoms with Gasteiger partial charge in [-0.1, -0.05) is 59.6 Å². The number of Topliss-reactive ketones (excluding diaryl/α,β-unsaturated/α-hetero) is 1.